The highest BCUT2D eigenvalue weighted by atomic mass is 32.1. The van der Waals surface area contributed by atoms with Gasteiger partial charge in [-0.05, 0) is 44.1 Å². The van der Waals surface area contributed by atoms with E-state index in [0.717, 1.165) is 35.9 Å². The van der Waals surface area contributed by atoms with Gasteiger partial charge in [0.25, 0.3) is 5.56 Å². The lowest BCUT2D eigenvalue weighted by atomic mass is 9.89. The maximum atomic E-state index is 13.3. The quantitative estimate of drug-likeness (QED) is 0.713. The predicted octanol–water partition coefficient (Wildman–Crippen LogP) is 3.42. The summed E-state index contributed by atoms with van der Waals surface area (Å²) in [7, 11) is 0. The number of thiophene rings is 1. The molecule has 0 aromatic carbocycles. The zero-order chi connectivity index (χ0) is 19.8. The summed E-state index contributed by atoms with van der Waals surface area (Å²) in [4.78, 5) is 35.5. The summed E-state index contributed by atoms with van der Waals surface area (Å²) in [5.74, 6) is 1.63. The molecule has 0 saturated heterocycles. The van der Waals surface area contributed by atoms with Gasteiger partial charge in [0.05, 0.1) is 18.5 Å². The number of aryl methyl sites for hydroxylation is 2. The second kappa shape index (κ2) is 7.54. The van der Waals surface area contributed by atoms with Gasteiger partial charge in [0.2, 0.25) is 5.43 Å². The Morgan fingerprint density at radius 1 is 1.39 bits per heavy atom. The lowest BCUT2D eigenvalue weighted by Crippen LogP contribution is -2.26. The van der Waals surface area contributed by atoms with Gasteiger partial charge in [-0.1, -0.05) is 13.8 Å². The zero-order valence-electron chi connectivity index (χ0n) is 16.5. The highest BCUT2D eigenvalue weighted by Crippen LogP contribution is 2.35. The zero-order valence-corrected chi connectivity index (χ0v) is 17.3. The van der Waals surface area contributed by atoms with Gasteiger partial charge in [0, 0.05) is 22.8 Å². The number of ether oxygens (including phenoxy) is 1. The molecule has 0 saturated carbocycles. The smallest absolute Gasteiger partial charge is 0.262 e. The molecule has 0 aliphatic heterocycles. The van der Waals surface area contributed by atoms with E-state index < -0.39 is 0 Å². The highest BCUT2D eigenvalue weighted by Gasteiger charge is 2.24. The van der Waals surface area contributed by atoms with E-state index in [0.29, 0.717) is 29.8 Å². The maximum Gasteiger partial charge on any atom is 0.262 e. The van der Waals surface area contributed by atoms with E-state index >= 15 is 0 Å². The first-order valence-corrected chi connectivity index (χ1v) is 10.7. The fraction of sp³-hybridized carbons (Fsp3) is 0.476. The molecule has 1 atom stereocenters. The second-order valence-corrected chi connectivity index (χ2v) is 8.70. The predicted molar refractivity (Wildman–Crippen MR) is 112 cm³/mol. The number of nitrogens with one attached hydrogen (secondary N) is 1. The number of hydrogen-bond acceptors (Lipinski definition) is 5. The summed E-state index contributed by atoms with van der Waals surface area (Å²) < 4.78 is 7.09. The normalized spacial score (nSPS) is 16.3. The number of aromatic amines is 1. The summed E-state index contributed by atoms with van der Waals surface area (Å²) in [5, 5.41) is 0.766. The number of aromatic nitrogens is 3. The van der Waals surface area contributed by atoms with E-state index in [2.05, 4.69) is 11.9 Å². The third kappa shape index (κ3) is 3.39. The van der Waals surface area contributed by atoms with Crippen LogP contribution in [0.1, 0.15) is 48.6 Å². The van der Waals surface area contributed by atoms with Crippen molar-refractivity contribution in [3.8, 4) is 5.75 Å². The molecule has 0 fully saturated rings. The molecule has 0 spiro atoms. The Labute approximate surface area is 167 Å². The Balaban J connectivity index is 1.72. The van der Waals surface area contributed by atoms with E-state index in [-0.39, 0.29) is 17.5 Å². The molecule has 1 unspecified atom stereocenters. The average Bonchev–Trinajstić information content (AvgIpc) is 3.01. The van der Waals surface area contributed by atoms with Crippen LogP contribution in [0.4, 0.5) is 0 Å². The van der Waals surface area contributed by atoms with Gasteiger partial charge in [-0.25, -0.2) is 4.98 Å². The minimum Gasteiger partial charge on any atom is -0.488 e. The largest absolute Gasteiger partial charge is 0.488 e. The number of rotatable bonds is 5. The Hall–Kier alpha value is -2.41. The average molecular weight is 400 g/mol. The third-order valence-corrected chi connectivity index (χ3v) is 6.48. The van der Waals surface area contributed by atoms with Gasteiger partial charge >= 0.3 is 0 Å². The molecule has 3 aromatic rings. The van der Waals surface area contributed by atoms with Crippen LogP contribution in [0.3, 0.4) is 0 Å². The van der Waals surface area contributed by atoms with Crippen molar-refractivity contribution in [1.82, 2.24) is 14.5 Å². The van der Waals surface area contributed by atoms with Gasteiger partial charge in [-0.3, -0.25) is 14.2 Å². The van der Waals surface area contributed by atoms with Crippen molar-refractivity contribution in [1.29, 1.82) is 0 Å². The number of fused-ring (bicyclic) bond motifs is 3. The Morgan fingerprint density at radius 2 is 2.21 bits per heavy atom. The fourth-order valence-electron chi connectivity index (χ4n) is 3.80. The SMILES string of the molecule is CCCOc1c[nH]c(Cn2c(C)nc3sc4c(c3c2=O)CCC(C)C4)cc1=O. The maximum absolute atomic E-state index is 13.3. The number of pyridine rings is 1. The molecule has 4 rings (SSSR count). The van der Waals surface area contributed by atoms with Crippen molar-refractivity contribution in [2.24, 2.45) is 5.92 Å². The van der Waals surface area contributed by atoms with Crippen molar-refractivity contribution >= 4 is 21.6 Å². The molecule has 7 heteroatoms. The number of H-pyrrole nitrogens is 1. The lowest BCUT2D eigenvalue weighted by Gasteiger charge is -2.17. The van der Waals surface area contributed by atoms with Crippen LogP contribution in [-0.2, 0) is 19.4 Å². The van der Waals surface area contributed by atoms with Crippen LogP contribution in [0.15, 0.2) is 21.9 Å². The van der Waals surface area contributed by atoms with Gasteiger partial charge < -0.3 is 9.72 Å². The van der Waals surface area contributed by atoms with Gasteiger partial charge in [-0.2, -0.15) is 0 Å². The topological polar surface area (TPSA) is 77.0 Å². The Kier molecular flexibility index (Phi) is 5.10. The van der Waals surface area contributed by atoms with Gasteiger partial charge in [0.1, 0.15) is 10.7 Å². The minimum absolute atomic E-state index is 0.0123. The fourth-order valence-corrected chi connectivity index (χ4v) is 5.22. The van der Waals surface area contributed by atoms with Crippen LogP contribution in [0.5, 0.6) is 5.75 Å². The summed E-state index contributed by atoms with van der Waals surface area (Å²) in [6.07, 6.45) is 5.50. The van der Waals surface area contributed by atoms with Crippen molar-refractivity contribution in [3.05, 3.63) is 54.8 Å². The molecule has 148 valence electrons. The Morgan fingerprint density at radius 3 is 2.96 bits per heavy atom. The van der Waals surface area contributed by atoms with Crippen LogP contribution >= 0.6 is 11.3 Å². The summed E-state index contributed by atoms with van der Waals surface area (Å²) in [6, 6.07) is 1.51. The monoisotopic (exact) mass is 399 g/mol. The van der Waals surface area contributed by atoms with E-state index in [9.17, 15) is 9.59 Å². The standard InChI is InChI=1S/C21H25N3O3S/c1-4-7-27-17-10-22-14(9-16(17)25)11-24-13(3)23-20-19(21(24)26)15-6-5-12(2)8-18(15)28-20/h9-10,12H,4-8,11H2,1-3H3,(H,22,25). The highest BCUT2D eigenvalue weighted by molar-refractivity contribution is 7.18. The second-order valence-electron chi connectivity index (χ2n) is 7.62. The summed E-state index contributed by atoms with van der Waals surface area (Å²) in [6.45, 7) is 6.89. The van der Waals surface area contributed by atoms with Crippen LogP contribution < -0.4 is 15.7 Å². The molecule has 0 bridgehead atoms. The van der Waals surface area contributed by atoms with Crippen LogP contribution in [0, 0.1) is 12.8 Å². The van der Waals surface area contributed by atoms with Crippen LogP contribution in [0.25, 0.3) is 10.2 Å². The van der Waals surface area contributed by atoms with E-state index in [1.165, 1.54) is 16.5 Å². The van der Waals surface area contributed by atoms with Gasteiger partial charge in [-0.15, -0.1) is 11.3 Å². The number of hydrogen-bond donors (Lipinski definition) is 1. The summed E-state index contributed by atoms with van der Waals surface area (Å²) in [5.41, 5.74) is 1.66. The molecule has 3 aromatic heterocycles. The first-order chi connectivity index (χ1) is 13.5. The molecule has 28 heavy (non-hydrogen) atoms. The molecule has 1 aliphatic rings. The van der Waals surface area contributed by atoms with Crippen LogP contribution in [-0.4, -0.2) is 21.1 Å². The molecular formula is C21H25N3O3S. The molecule has 6 nitrogen and oxygen atoms in total. The van der Waals surface area contributed by atoms with E-state index in [4.69, 9.17) is 9.72 Å². The molecule has 1 aliphatic carbocycles. The van der Waals surface area contributed by atoms with Crippen molar-refractivity contribution in [2.75, 3.05) is 6.61 Å². The lowest BCUT2D eigenvalue weighted by molar-refractivity contribution is 0.313. The summed E-state index contributed by atoms with van der Waals surface area (Å²) >= 11 is 1.66. The third-order valence-electron chi connectivity index (χ3n) is 5.33. The molecule has 1 N–H and O–H groups in total. The number of nitrogens with zero attached hydrogens (tertiary/aromatic N) is 2. The Bertz CT molecular complexity index is 1140. The van der Waals surface area contributed by atoms with Gasteiger partial charge in [0.15, 0.2) is 5.75 Å². The molecule has 3 heterocycles. The molecule has 0 radical (unpaired) electrons. The molecule has 0 amide bonds. The van der Waals surface area contributed by atoms with Crippen molar-refractivity contribution < 1.29 is 4.74 Å². The van der Waals surface area contributed by atoms with Crippen molar-refractivity contribution in [3.63, 3.8) is 0 Å². The van der Waals surface area contributed by atoms with E-state index in [1.807, 2.05) is 13.8 Å². The van der Waals surface area contributed by atoms with Crippen molar-refractivity contribution in [2.45, 2.75) is 53.0 Å². The van der Waals surface area contributed by atoms with Crippen LogP contribution in [0.2, 0.25) is 0 Å². The minimum atomic E-state index is -0.177. The first-order valence-electron chi connectivity index (χ1n) is 9.84. The van der Waals surface area contributed by atoms with E-state index in [1.54, 1.807) is 22.1 Å². The first kappa shape index (κ1) is 18.9. The molecular weight excluding hydrogens is 374 g/mol.